The fourth-order valence-corrected chi connectivity index (χ4v) is 1.33. The zero-order chi connectivity index (χ0) is 11.9. The molecule has 0 unspecified atom stereocenters. The van der Waals surface area contributed by atoms with Crippen LogP contribution in [-0.2, 0) is 0 Å². The Morgan fingerprint density at radius 3 is 1.62 bits per heavy atom. The van der Waals surface area contributed by atoms with Crippen LogP contribution in [0.3, 0.4) is 0 Å². The molecule has 1 aliphatic heterocycles. The van der Waals surface area contributed by atoms with Gasteiger partial charge < -0.3 is 10.6 Å². The van der Waals surface area contributed by atoms with E-state index in [-0.39, 0.29) is 6.04 Å². The predicted octanol–water partition coefficient (Wildman–Crippen LogP) is 1.77. The third kappa shape index (κ3) is 1.60. The first kappa shape index (κ1) is 11.1. The van der Waals surface area contributed by atoms with Crippen LogP contribution in [0.4, 0.5) is 27.6 Å². The standard InChI is InChI=1S/C9H7F5N2/c10-4-5(11)7(13)9(8(14)6(4)12)16-3-1-15-2-3/h3,15-16H,1-2H2. The maximum absolute atomic E-state index is 13.1. The second kappa shape index (κ2) is 3.89. The van der Waals surface area contributed by atoms with Crippen molar-refractivity contribution in [2.24, 2.45) is 0 Å². The van der Waals surface area contributed by atoms with Crippen molar-refractivity contribution in [2.45, 2.75) is 6.04 Å². The fourth-order valence-electron chi connectivity index (χ4n) is 1.33. The van der Waals surface area contributed by atoms with Gasteiger partial charge in [-0.3, -0.25) is 0 Å². The summed E-state index contributed by atoms with van der Waals surface area (Å²) in [7, 11) is 0. The third-order valence-electron chi connectivity index (χ3n) is 2.34. The van der Waals surface area contributed by atoms with Crippen LogP contribution in [0.15, 0.2) is 0 Å². The van der Waals surface area contributed by atoms with Crippen molar-refractivity contribution in [1.29, 1.82) is 0 Å². The summed E-state index contributed by atoms with van der Waals surface area (Å²) in [4.78, 5) is 0. The highest BCUT2D eigenvalue weighted by Crippen LogP contribution is 2.27. The van der Waals surface area contributed by atoms with E-state index >= 15 is 0 Å². The Hall–Kier alpha value is -1.37. The van der Waals surface area contributed by atoms with Gasteiger partial charge in [-0.2, -0.15) is 0 Å². The Morgan fingerprint density at radius 1 is 0.812 bits per heavy atom. The highest BCUT2D eigenvalue weighted by molar-refractivity contribution is 5.49. The van der Waals surface area contributed by atoms with Crippen LogP contribution < -0.4 is 10.6 Å². The van der Waals surface area contributed by atoms with Crippen LogP contribution in [0.25, 0.3) is 0 Å². The number of nitrogens with one attached hydrogen (secondary N) is 2. The van der Waals surface area contributed by atoms with Crippen molar-refractivity contribution in [3.8, 4) is 0 Å². The van der Waals surface area contributed by atoms with Gasteiger partial charge in [0, 0.05) is 13.1 Å². The molecule has 2 nitrogen and oxygen atoms in total. The Balaban J connectivity index is 2.42. The van der Waals surface area contributed by atoms with E-state index in [9.17, 15) is 22.0 Å². The average Bonchev–Trinajstić information content (AvgIpc) is 2.21. The first-order valence-electron chi connectivity index (χ1n) is 4.51. The van der Waals surface area contributed by atoms with Crippen molar-refractivity contribution in [3.63, 3.8) is 0 Å². The molecule has 2 N–H and O–H groups in total. The van der Waals surface area contributed by atoms with Gasteiger partial charge in [-0.05, 0) is 0 Å². The molecule has 0 aromatic heterocycles. The van der Waals surface area contributed by atoms with Gasteiger partial charge in [0.15, 0.2) is 23.3 Å². The number of anilines is 1. The quantitative estimate of drug-likeness (QED) is 0.466. The van der Waals surface area contributed by atoms with Crippen molar-refractivity contribution >= 4 is 5.69 Å². The van der Waals surface area contributed by atoms with Crippen LogP contribution in [-0.4, -0.2) is 19.1 Å². The molecule has 0 aliphatic carbocycles. The molecule has 7 heteroatoms. The van der Waals surface area contributed by atoms with Gasteiger partial charge in [0.2, 0.25) is 5.82 Å². The maximum Gasteiger partial charge on any atom is 0.200 e. The second-order valence-corrected chi connectivity index (χ2v) is 3.44. The van der Waals surface area contributed by atoms with Crippen LogP contribution in [0.5, 0.6) is 0 Å². The number of benzene rings is 1. The molecule has 0 radical (unpaired) electrons. The summed E-state index contributed by atoms with van der Waals surface area (Å²) in [6.07, 6.45) is 0. The summed E-state index contributed by atoms with van der Waals surface area (Å²) in [5.41, 5.74) is -0.970. The molecular formula is C9H7F5N2. The lowest BCUT2D eigenvalue weighted by Crippen LogP contribution is -2.51. The summed E-state index contributed by atoms with van der Waals surface area (Å²) in [6.45, 7) is 0.832. The minimum absolute atomic E-state index is 0.326. The lowest BCUT2D eigenvalue weighted by molar-refractivity contribution is 0.378. The summed E-state index contributed by atoms with van der Waals surface area (Å²) < 4.78 is 64.4. The van der Waals surface area contributed by atoms with Gasteiger partial charge >= 0.3 is 0 Å². The van der Waals surface area contributed by atoms with Gasteiger partial charge in [-0.1, -0.05) is 0 Å². The maximum atomic E-state index is 13.1. The van der Waals surface area contributed by atoms with Gasteiger partial charge in [-0.15, -0.1) is 0 Å². The Labute approximate surface area is 87.4 Å². The topological polar surface area (TPSA) is 24.1 Å². The molecule has 88 valence electrons. The van der Waals surface area contributed by atoms with Gasteiger partial charge in [0.1, 0.15) is 5.69 Å². The minimum Gasteiger partial charge on any atom is -0.375 e. The number of hydrogen-bond acceptors (Lipinski definition) is 2. The van der Waals surface area contributed by atoms with Gasteiger partial charge in [-0.25, -0.2) is 22.0 Å². The third-order valence-corrected chi connectivity index (χ3v) is 2.34. The minimum atomic E-state index is -2.15. The highest BCUT2D eigenvalue weighted by atomic mass is 19.2. The molecule has 1 fully saturated rings. The van der Waals surface area contributed by atoms with E-state index in [0.717, 1.165) is 0 Å². The second-order valence-electron chi connectivity index (χ2n) is 3.44. The molecule has 0 spiro atoms. The van der Waals surface area contributed by atoms with Crippen molar-refractivity contribution in [1.82, 2.24) is 5.32 Å². The Morgan fingerprint density at radius 2 is 1.25 bits per heavy atom. The van der Waals surface area contributed by atoms with Crippen LogP contribution in [0.1, 0.15) is 0 Å². The highest BCUT2D eigenvalue weighted by Gasteiger charge is 2.28. The molecule has 2 rings (SSSR count). The molecule has 1 saturated heterocycles. The largest absolute Gasteiger partial charge is 0.375 e. The van der Waals surface area contributed by atoms with E-state index in [1.807, 2.05) is 0 Å². The molecule has 1 aromatic carbocycles. The summed E-state index contributed by atoms with van der Waals surface area (Å²) in [6, 6.07) is -0.326. The molecule has 1 aromatic rings. The van der Waals surface area contributed by atoms with Gasteiger partial charge in [0.25, 0.3) is 0 Å². The predicted molar refractivity (Wildman–Crippen MR) is 46.5 cm³/mol. The van der Waals surface area contributed by atoms with E-state index in [4.69, 9.17) is 0 Å². The van der Waals surface area contributed by atoms with Crippen molar-refractivity contribution in [3.05, 3.63) is 29.1 Å². The molecule has 0 amide bonds. The zero-order valence-corrected chi connectivity index (χ0v) is 7.88. The smallest absolute Gasteiger partial charge is 0.200 e. The van der Waals surface area contributed by atoms with E-state index in [0.29, 0.717) is 13.1 Å². The monoisotopic (exact) mass is 238 g/mol. The first-order valence-corrected chi connectivity index (χ1v) is 4.51. The fraction of sp³-hybridized carbons (Fsp3) is 0.333. The van der Waals surface area contributed by atoms with E-state index in [1.54, 1.807) is 0 Å². The van der Waals surface area contributed by atoms with E-state index < -0.39 is 34.8 Å². The normalized spacial score (nSPS) is 16.1. The number of halogens is 5. The number of hydrogen-bond donors (Lipinski definition) is 2. The molecule has 1 heterocycles. The lowest BCUT2D eigenvalue weighted by atomic mass is 10.1. The van der Waals surface area contributed by atoms with Crippen LogP contribution in [0.2, 0.25) is 0 Å². The van der Waals surface area contributed by atoms with Crippen LogP contribution >= 0.6 is 0 Å². The molecule has 0 atom stereocenters. The summed E-state index contributed by atoms with van der Waals surface area (Å²) in [5.74, 6) is -9.68. The number of rotatable bonds is 2. The van der Waals surface area contributed by atoms with Gasteiger partial charge in [0.05, 0.1) is 6.04 Å². The molecular weight excluding hydrogens is 231 g/mol. The summed E-state index contributed by atoms with van der Waals surface area (Å²) >= 11 is 0. The SMILES string of the molecule is Fc1c(F)c(F)c(NC2CNC2)c(F)c1F. The Bertz CT molecular complexity index is 401. The van der Waals surface area contributed by atoms with Crippen molar-refractivity contribution < 1.29 is 22.0 Å². The van der Waals surface area contributed by atoms with E-state index in [2.05, 4.69) is 10.6 Å². The van der Waals surface area contributed by atoms with E-state index in [1.165, 1.54) is 0 Å². The Kier molecular flexibility index (Phi) is 2.71. The summed E-state index contributed by atoms with van der Waals surface area (Å²) in [5, 5.41) is 5.06. The van der Waals surface area contributed by atoms with Crippen LogP contribution in [0, 0.1) is 29.1 Å². The lowest BCUT2D eigenvalue weighted by Gasteiger charge is -2.29. The molecule has 0 bridgehead atoms. The molecule has 16 heavy (non-hydrogen) atoms. The average molecular weight is 238 g/mol. The first-order chi connectivity index (χ1) is 7.52. The van der Waals surface area contributed by atoms with Crippen molar-refractivity contribution in [2.75, 3.05) is 18.4 Å². The zero-order valence-electron chi connectivity index (χ0n) is 7.88. The molecule has 1 aliphatic rings. The molecule has 0 saturated carbocycles.